The molecular weight excluding hydrogens is 308 g/mol. The van der Waals surface area contributed by atoms with Crippen LogP contribution in [0.5, 0.6) is 0 Å². The Morgan fingerprint density at radius 3 is 2.88 bits per heavy atom. The number of aromatic nitrogens is 1. The molecule has 0 saturated carbocycles. The molecule has 0 aliphatic rings. The highest BCUT2D eigenvalue weighted by Gasteiger charge is 2.13. The molecule has 0 aliphatic heterocycles. The van der Waals surface area contributed by atoms with E-state index in [4.69, 9.17) is 8.83 Å². The molecule has 0 radical (unpaired) electrons. The van der Waals surface area contributed by atoms with Gasteiger partial charge in [-0.2, -0.15) is 0 Å². The number of oxazole rings is 1. The smallest absolute Gasteiger partial charge is 0.349 e. The summed E-state index contributed by atoms with van der Waals surface area (Å²) in [6, 6.07) is 14.0. The van der Waals surface area contributed by atoms with Gasteiger partial charge in [0.2, 0.25) is 0 Å². The third kappa shape index (κ3) is 2.54. The van der Waals surface area contributed by atoms with Gasteiger partial charge >= 0.3 is 5.63 Å². The predicted octanol–water partition coefficient (Wildman–Crippen LogP) is 2.86. The zero-order chi connectivity index (χ0) is 16.5. The molecule has 1 N–H and O–H groups in total. The van der Waals surface area contributed by atoms with E-state index in [0.717, 1.165) is 11.1 Å². The monoisotopic (exact) mass is 320 g/mol. The lowest BCUT2D eigenvalue weighted by atomic mass is 10.1. The van der Waals surface area contributed by atoms with Crippen molar-refractivity contribution in [2.24, 2.45) is 0 Å². The number of fused-ring (bicyclic) bond motifs is 2. The number of hydrogen-bond donors (Lipinski definition) is 1. The second-order valence-electron chi connectivity index (χ2n) is 5.32. The summed E-state index contributed by atoms with van der Waals surface area (Å²) in [5.74, 6) is -0.479. The molecule has 0 unspecified atom stereocenters. The minimum atomic E-state index is -0.656. The van der Waals surface area contributed by atoms with Crippen LogP contribution in [0.4, 0.5) is 0 Å². The summed E-state index contributed by atoms with van der Waals surface area (Å²) < 4.78 is 10.4. The Kier molecular flexibility index (Phi) is 3.35. The number of para-hydroxylation sites is 1. The fourth-order valence-corrected chi connectivity index (χ4v) is 2.51. The zero-order valence-corrected chi connectivity index (χ0v) is 12.5. The van der Waals surface area contributed by atoms with Crippen molar-refractivity contribution in [3.63, 3.8) is 0 Å². The molecule has 24 heavy (non-hydrogen) atoms. The molecule has 4 rings (SSSR count). The molecule has 2 heterocycles. The maximum Gasteiger partial charge on any atom is 0.349 e. The van der Waals surface area contributed by atoms with Crippen LogP contribution in [0.1, 0.15) is 15.9 Å². The second-order valence-corrected chi connectivity index (χ2v) is 5.32. The van der Waals surface area contributed by atoms with Gasteiger partial charge in [-0.25, -0.2) is 9.78 Å². The van der Waals surface area contributed by atoms with E-state index in [0.29, 0.717) is 16.6 Å². The molecule has 118 valence electrons. The van der Waals surface area contributed by atoms with E-state index in [1.54, 1.807) is 24.3 Å². The topological polar surface area (TPSA) is 85.3 Å². The van der Waals surface area contributed by atoms with Gasteiger partial charge in [-0.3, -0.25) is 4.79 Å². The first kappa shape index (κ1) is 14.2. The van der Waals surface area contributed by atoms with Gasteiger partial charge in [0.25, 0.3) is 5.91 Å². The minimum absolute atomic E-state index is 0.0190. The summed E-state index contributed by atoms with van der Waals surface area (Å²) in [4.78, 5) is 28.3. The Hall–Kier alpha value is -3.41. The summed E-state index contributed by atoms with van der Waals surface area (Å²) in [6.45, 7) is 0.266. The normalized spacial score (nSPS) is 11.0. The van der Waals surface area contributed by atoms with Crippen LogP contribution in [0, 0.1) is 0 Å². The first-order valence-electron chi connectivity index (χ1n) is 7.34. The highest BCUT2D eigenvalue weighted by atomic mass is 16.4. The van der Waals surface area contributed by atoms with E-state index in [1.807, 2.05) is 18.2 Å². The average molecular weight is 320 g/mol. The van der Waals surface area contributed by atoms with Crippen molar-refractivity contribution in [2.75, 3.05) is 0 Å². The summed E-state index contributed by atoms with van der Waals surface area (Å²) >= 11 is 0. The maximum absolute atomic E-state index is 12.3. The van der Waals surface area contributed by atoms with Crippen LogP contribution in [0.15, 0.2) is 68.6 Å². The van der Waals surface area contributed by atoms with Crippen LogP contribution in [0.2, 0.25) is 0 Å². The van der Waals surface area contributed by atoms with Crippen LogP contribution in [-0.2, 0) is 6.54 Å². The number of carbonyl (C=O) groups is 1. The van der Waals surface area contributed by atoms with Gasteiger partial charge in [-0.05, 0) is 29.8 Å². The van der Waals surface area contributed by atoms with Crippen molar-refractivity contribution >= 4 is 28.0 Å². The SMILES string of the molecule is O=C(NCc1ccc2ncoc2c1)c1cc2ccccc2oc1=O. The molecule has 6 nitrogen and oxygen atoms in total. The van der Waals surface area contributed by atoms with E-state index >= 15 is 0 Å². The maximum atomic E-state index is 12.3. The van der Waals surface area contributed by atoms with Crippen LogP contribution >= 0.6 is 0 Å². The molecule has 0 bridgehead atoms. The van der Waals surface area contributed by atoms with Crippen molar-refractivity contribution in [1.82, 2.24) is 10.3 Å². The molecule has 6 heteroatoms. The third-order valence-corrected chi connectivity index (χ3v) is 3.73. The fourth-order valence-electron chi connectivity index (χ4n) is 2.51. The minimum Gasteiger partial charge on any atom is -0.443 e. The van der Waals surface area contributed by atoms with E-state index in [9.17, 15) is 9.59 Å². The number of benzene rings is 2. The van der Waals surface area contributed by atoms with Crippen LogP contribution < -0.4 is 10.9 Å². The van der Waals surface area contributed by atoms with Crippen LogP contribution in [-0.4, -0.2) is 10.9 Å². The molecule has 0 saturated heterocycles. The van der Waals surface area contributed by atoms with Gasteiger partial charge in [-0.1, -0.05) is 24.3 Å². The summed E-state index contributed by atoms with van der Waals surface area (Å²) in [6.07, 6.45) is 1.37. The van der Waals surface area contributed by atoms with Gasteiger partial charge in [0.1, 0.15) is 16.7 Å². The van der Waals surface area contributed by atoms with Gasteiger partial charge in [0.15, 0.2) is 12.0 Å². The number of amides is 1. The van der Waals surface area contributed by atoms with Crippen LogP contribution in [0.25, 0.3) is 22.1 Å². The van der Waals surface area contributed by atoms with Crippen molar-refractivity contribution in [3.8, 4) is 0 Å². The molecule has 0 atom stereocenters. The van der Waals surface area contributed by atoms with Crippen LogP contribution in [0.3, 0.4) is 0 Å². The lowest BCUT2D eigenvalue weighted by Crippen LogP contribution is -2.27. The largest absolute Gasteiger partial charge is 0.443 e. The molecule has 1 amide bonds. The lowest BCUT2D eigenvalue weighted by molar-refractivity contribution is 0.0947. The Morgan fingerprint density at radius 1 is 1.08 bits per heavy atom. The summed E-state index contributed by atoms with van der Waals surface area (Å²) in [5.41, 5.74) is 2.02. The van der Waals surface area contributed by atoms with Crippen molar-refractivity contribution in [2.45, 2.75) is 6.54 Å². The Morgan fingerprint density at radius 2 is 1.96 bits per heavy atom. The highest BCUT2D eigenvalue weighted by molar-refractivity contribution is 5.96. The van der Waals surface area contributed by atoms with Gasteiger partial charge in [-0.15, -0.1) is 0 Å². The Labute approximate surface area is 135 Å². The summed E-state index contributed by atoms with van der Waals surface area (Å²) in [7, 11) is 0. The predicted molar refractivity (Wildman–Crippen MR) is 87.7 cm³/mol. The summed E-state index contributed by atoms with van der Waals surface area (Å²) in [5, 5.41) is 3.42. The third-order valence-electron chi connectivity index (χ3n) is 3.73. The number of carbonyl (C=O) groups excluding carboxylic acids is 1. The standard InChI is InChI=1S/C18H12N2O4/c21-17(13-8-12-3-1-2-4-15(12)24-18(13)22)19-9-11-5-6-14-16(7-11)23-10-20-14/h1-8,10H,9H2,(H,19,21). The van der Waals surface area contributed by atoms with E-state index in [1.165, 1.54) is 12.5 Å². The Bertz CT molecular complexity index is 1110. The van der Waals surface area contributed by atoms with E-state index in [-0.39, 0.29) is 12.1 Å². The number of rotatable bonds is 3. The van der Waals surface area contributed by atoms with Crippen molar-refractivity contribution in [3.05, 3.63) is 76.5 Å². The van der Waals surface area contributed by atoms with Gasteiger partial charge in [0.05, 0.1) is 0 Å². The zero-order valence-electron chi connectivity index (χ0n) is 12.5. The molecule has 2 aromatic carbocycles. The van der Waals surface area contributed by atoms with Crippen molar-refractivity contribution < 1.29 is 13.6 Å². The Balaban J connectivity index is 1.57. The first-order chi connectivity index (χ1) is 11.7. The fraction of sp³-hybridized carbons (Fsp3) is 0.0556. The lowest BCUT2D eigenvalue weighted by Gasteiger charge is -2.05. The molecular formula is C18H12N2O4. The highest BCUT2D eigenvalue weighted by Crippen LogP contribution is 2.15. The quantitative estimate of drug-likeness (QED) is 0.587. The van der Waals surface area contributed by atoms with E-state index < -0.39 is 11.5 Å². The van der Waals surface area contributed by atoms with Gasteiger partial charge < -0.3 is 14.2 Å². The van der Waals surface area contributed by atoms with Gasteiger partial charge in [0, 0.05) is 11.9 Å². The van der Waals surface area contributed by atoms with E-state index in [2.05, 4.69) is 10.3 Å². The molecule has 0 aliphatic carbocycles. The number of nitrogens with zero attached hydrogens (tertiary/aromatic N) is 1. The molecule has 0 spiro atoms. The molecule has 2 aromatic heterocycles. The number of nitrogens with one attached hydrogen (secondary N) is 1. The second kappa shape index (κ2) is 5.66. The molecule has 0 fully saturated rings. The van der Waals surface area contributed by atoms with Crippen molar-refractivity contribution in [1.29, 1.82) is 0 Å². The number of hydrogen-bond acceptors (Lipinski definition) is 5. The molecule has 4 aromatic rings. The average Bonchev–Trinajstić information content (AvgIpc) is 3.06. The first-order valence-corrected chi connectivity index (χ1v) is 7.34.